The molecule has 4 rings (SSSR count). The van der Waals surface area contributed by atoms with Gasteiger partial charge < -0.3 is 24.3 Å². The number of ketones is 1. The fraction of sp³-hybridized carbons (Fsp3) is 0.519. The van der Waals surface area contributed by atoms with Crippen molar-refractivity contribution in [2.45, 2.75) is 58.0 Å². The van der Waals surface area contributed by atoms with E-state index in [1.807, 2.05) is 13.8 Å². The Morgan fingerprint density at radius 2 is 1.77 bits per heavy atom. The summed E-state index contributed by atoms with van der Waals surface area (Å²) in [5.41, 5.74) is 2.70. The second-order valence-corrected chi connectivity index (χ2v) is 9.46. The average molecular weight is 484 g/mol. The zero-order valence-electron chi connectivity index (χ0n) is 20.9. The predicted octanol–water partition coefficient (Wildman–Crippen LogP) is 3.80. The Kier molecular flexibility index (Phi) is 7.19. The van der Waals surface area contributed by atoms with Crippen molar-refractivity contribution in [2.75, 3.05) is 21.3 Å². The summed E-state index contributed by atoms with van der Waals surface area (Å²) in [7, 11) is 4.37. The Labute approximate surface area is 205 Å². The number of carbonyl (C=O) groups is 3. The Bertz CT molecular complexity index is 1100. The van der Waals surface area contributed by atoms with Crippen molar-refractivity contribution < 1.29 is 33.3 Å². The monoisotopic (exact) mass is 483 g/mol. The number of esters is 2. The molecule has 1 aliphatic heterocycles. The number of dihydropyridines is 1. The van der Waals surface area contributed by atoms with Crippen molar-refractivity contribution in [3.8, 4) is 11.5 Å². The van der Waals surface area contributed by atoms with Crippen LogP contribution in [0.2, 0.25) is 0 Å². The topological polar surface area (TPSA) is 100 Å². The van der Waals surface area contributed by atoms with Crippen molar-refractivity contribution in [1.82, 2.24) is 5.32 Å². The molecule has 0 spiro atoms. The fourth-order valence-corrected chi connectivity index (χ4v) is 5.54. The van der Waals surface area contributed by atoms with Crippen LogP contribution in [0.25, 0.3) is 0 Å². The summed E-state index contributed by atoms with van der Waals surface area (Å²) >= 11 is 0. The van der Waals surface area contributed by atoms with Gasteiger partial charge in [-0.15, -0.1) is 0 Å². The quantitative estimate of drug-likeness (QED) is 0.482. The van der Waals surface area contributed by atoms with E-state index in [2.05, 4.69) is 5.32 Å². The first kappa shape index (κ1) is 24.8. The number of methoxy groups -OCH3 is 3. The summed E-state index contributed by atoms with van der Waals surface area (Å²) in [6.45, 7) is 3.68. The van der Waals surface area contributed by atoms with E-state index in [0.717, 1.165) is 25.7 Å². The number of benzene rings is 1. The third-order valence-electron chi connectivity index (χ3n) is 7.29. The van der Waals surface area contributed by atoms with E-state index in [1.165, 1.54) is 14.2 Å². The van der Waals surface area contributed by atoms with Crippen LogP contribution in [0, 0.1) is 11.8 Å². The molecular weight excluding hydrogens is 450 g/mol. The molecule has 0 saturated heterocycles. The maximum atomic E-state index is 13.9. The van der Waals surface area contributed by atoms with Crippen molar-refractivity contribution in [3.63, 3.8) is 0 Å². The highest BCUT2D eigenvalue weighted by atomic mass is 16.5. The van der Waals surface area contributed by atoms with Crippen LogP contribution in [0.15, 0.2) is 40.7 Å². The van der Waals surface area contributed by atoms with E-state index >= 15 is 0 Å². The van der Waals surface area contributed by atoms with Gasteiger partial charge in [-0.05, 0) is 51.0 Å². The molecule has 1 heterocycles. The van der Waals surface area contributed by atoms with E-state index in [-0.39, 0.29) is 17.8 Å². The molecule has 1 aromatic carbocycles. The molecule has 8 heteroatoms. The van der Waals surface area contributed by atoms with Gasteiger partial charge in [0, 0.05) is 28.6 Å². The molecule has 35 heavy (non-hydrogen) atoms. The standard InChI is InChI=1S/C27H33NO7/c1-14-12-19-24(25(29)21(14)26(30)34-5)23(18-11-10-17(32-3)13-20(18)33-4)22(15(2)28-19)27(31)35-16-8-6-7-9-16/h10-11,13-14,16,21,23,28H,6-9,12H2,1-5H3. The molecule has 0 aromatic heterocycles. The molecule has 3 atom stereocenters. The zero-order chi connectivity index (χ0) is 25.3. The molecule has 2 aliphatic carbocycles. The van der Waals surface area contributed by atoms with Crippen molar-refractivity contribution in [1.29, 1.82) is 0 Å². The highest BCUT2D eigenvalue weighted by molar-refractivity contribution is 6.12. The summed E-state index contributed by atoms with van der Waals surface area (Å²) in [5.74, 6) is -2.28. The lowest BCUT2D eigenvalue weighted by atomic mass is 9.69. The van der Waals surface area contributed by atoms with Gasteiger partial charge in [-0.25, -0.2) is 4.79 Å². The van der Waals surface area contributed by atoms with Crippen molar-refractivity contribution in [2.24, 2.45) is 11.8 Å². The lowest BCUT2D eigenvalue weighted by Crippen LogP contribution is -2.43. The number of rotatable bonds is 6. The average Bonchev–Trinajstić information content (AvgIpc) is 3.35. The van der Waals surface area contributed by atoms with Gasteiger partial charge in [0.15, 0.2) is 5.78 Å². The maximum absolute atomic E-state index is 13.9. The zero-order valence-corrected chi connectivity index (χ0v) is 20.9. The molecule has 0 bridgehead atoms. The SMILES string of the molecule is COC(=O)C1C(=O)C2=C(CC1C)NC(C)=C(C(=O)OC1CCCC1)C2c1ccc(OC)cc1OC. The Morgan fingerprint density at radius 3 is 2.40 bits per heavy atom. The van der Waals surface area contributed by atoms with E-state index in [4.69, 9.17) is 18.9 Å². The molecule has 1 N–H and O–H groups in total. The highest BCUT2D eigenvalue weighted by Crippen LogP contribution is 2.48. The van der Waals surface area contributed by atoms with Gasteiger partial charge in [0.05, 0.1) is 32.8 Å². The predicted molar refractivity (Wildman–Crippen MR) is 128 cm³/mol. The van der Waals surface area contributed by atoms with Crippen LogP contribution in [-0.2, 0) is 23.9 Å². The van der Waals surface area contributed by atoms with Crippen LogP contribution in [-0.4, -0.2) is 45.2 Å². The summed E-state index contributed by atoms with van der Waals surface area (Å²) in [6.07, 6.45) is 4.04. The number of carbonyl (C=O) groups excluding carboxylic acids is 3. The maximum Gasteiger partial charge on any atom is 0.337 e. The van der Waals surface area contributed by atoms with E-state index in [9.17, 15) is 14.4 Å². The highest BCUT2D eigenvalue weighted by Gasteiger charge is 2.48. The third kappa shape index (κ3) is 4.54. The lowest BCUT2D eigenvalue weighted by molar-refractivity contribution is -0.151. The number of Topliss-reactive ketones (excluding diaryl/α,β-unsaturated/α-hetero) is 1. The first-order valence-corrected chi connectivity index (χ1v) is 12.1. The molecule has 1 saturated carbocycles. The van der Waals surface area contributed by atoms with E-state index < -0.39 is 23.8 Å². The van der Waals surface area contributed by atoms with Crippen molar-refractivity contribution >= 4 is 17.7 Å². The molecule has 3 aliphatic rings. The molecule has 188 valence electrons. The van der Waals surface area contributed by atoms with Gasteiger partial charge in [-0.1, -0.05) is 13.0 Å². The van der Waals surface area contributed by atoms with E-state index in [0.29, 0.717) is 46.0 Å². The number of ether oxygens (including phenoxy) is 4. The van der Waals surface area contributed by atoms with Crippen molar-refractivity contribution in [3.05, 3.63) is 46.3 Å². The summed E-state index contributed by atoms with van der Waals surface area (Å²) in [6, 6.07) is 5.29. The summed E-state index contributed by atoms with van der Waals surface area (Å²) < 4.78 is 21.9. The Balaban J connectivity index is 1.86. The summed E-state index contributed by atoms with van der Waals surface area (Å²) in [4.78, 5) is 40.0. The molecule has 1 fully saturated rings. The number of allylic oxidation sites excluding steroid dienone is 3. The molecule has 8 nitrogen and oxygen atoms in total. The molecule has 3 unspecified atom stereocenters. The van der Waals surface area contributed by atoms with Gasteiger partial charge >= 0.3 is 11.9 Å². The molecule has 0 radical (unpaired) electrons. The van der Waals surface area contributed by atoms with Gasteiger partial charge in [-0.3, -0.25) is 9.59 Å². The second kappa shape index (κ2) is 10.1. The normalized spacial score (nSPS) is 24.6. The Morgan fingerprint density at radius 1 is 1.06 bits per heavy atom. The summed E-state index contributed by atoms with van der Waals surface area (Å²) in [5, 5.41) is 3.29. The van der Waals surface area contributed by atoms with Gasteiger partial charge in [0.2, 0.25) is 0 Å². The Hall–Kier alpha value is -3.29. The fourth-order valence-electron chi connectivity index (χ4n) is 5.54. The van der Waals surface area contributed by atoms with Crippen LogP contribution in [0.4, 0.5) is 0 Å². The largest absolute Gasteiger partial charge is 0.497 e. The van der Waals surface area contributed by atoms with Crippen LogP contribution >= 0.6 is 0 Å². The van der Waals surface area contributed by atoms with E-state index in [1.54, 1.807) is 25.3 Å². The van der Waals surface area contributed by atoms with Gasteiger partial charge in [0.25, 0.3) is 0 Å². The lowest BCUT2D eigenvalue weighted by Gasteiger charge is -2.38. The first-order valence-electron chi connectivity index (χ1n) is 12.1. The minimum absolute atomic E-state index is 0.138. The van der Waals surface area contributed by atoms with Crippen LogP contribution in [0.3, 0.4) is 0 Å². The smallest absolute Gasteiger partial charge is 0.337 e. The molecular formula is C27H33NO7. The number of hydrogen-bond acceptors (Lipinski definition) is 8. The minimum Gasteiger partial charge on any atom is -0.497 e. The second-order valence-electron chi connectivity index (χ2n) is 9.46. The number of nitrogens with one attached hydrogen (secondary N) is 1. The first-order chi connectivity index (χ1) is 16.8. The van der Waals surface area contributed by atoms with Crippen LogP contribution < -0.4 is 14.8 Å². The van der Waals surface area contributed by atoms with Crippen LogP contribution in [0.5, 0.6) is 11.5 Å². The minimum atomic E-state index is -0.946. The number of hydrogen-bond donors (Lipinski definition) is 1. The van der Waals surface area contributed by atoms with Gasteiger partial charge in [-0.2, -0.15) is 0 Å². The molecule has 1 aromatic rings. The van der Waals surface area contributed by atoms with Crippen LogP contribution in [0.1, 0.15) is 57.4 Å². The van der Waals surface area contributed by atoms with Gasteiger partial charge in [0.1, 0.15) is 23.5 Å². The third-order valence-corrected chi connectivity index (χ3v) is 7.29. The molecule has 0 amide bonds.